The van der Waals surface area contributed by atoms with Crippen LogP contribution in [0.4, 0.5) is 0 Å². The molecule has 0 amide bonds. The maximum atomic E-state index is 6.01. The van der Waals surface area contributed by atoms with Gasteiger partial charge in [-0.05, 0) is 70.3 Å². The van der Waals surface area contributed by atoms with E-state index < -0.39 is 0 Å². The first-order chi connectivity index (χ1) is 19.5. The molecule has 1 aliphatic carbocycles. The Bertz CT molecular complexity index is 1480. The molecule has 2 atom stereocenters. The molecule has 0 heterocycles. The van der Waals surface area contributed by atoms with Crippen molar-refractivity contribution in [2.75, 3.05) is 42.7 Å². The molecule has 0 bridgehead atoms. The van der Waals surface area contributed by atoms with Crippen LogP contribution in [-0.4, -0.2) is 42.7 Å². The number of ether oxygens (including phenoxy) is 6. The molecule has 6 nitrogen and oxygen atoms in total. The summed E-state index contributed by atoms with van der Waals surface area (Å²) in [4.78, 5) is 0. The molecule has 4 aromatic carbocycles. The predicted octanol–water partition coefficient (Wildman–Crippen LogP) is 7.21. The fourth-order valence-electron chi connectivity index (χ4n) is 5.56. The van der Waals surface area contributed by atoms with Crippen molar-refractivity contribution in [3.63, 3.8) is 0 Å². The lowest BCUT2D eigenvalue weighted by molar-refractivity contribution is 0.388. The number of benzene rings is 4. The summed E-state index contributed by atoms with van der Waals surface area (Å²) >= 11 is 0. The molecule has 0 unspecified atom stereocenters. The zero-order valence-corrected chi connectivity index (χ0v) is 23.7. The molecule has 5 rings (SSSR count). The van der Waals surface area contributed by atoms with Gasteiger partial charge in [-0.25, -0.2) is 0 Å². The van der Waals surface area contributed by atoms with E-state index in [2.05, 4.69) is 48.5 Å². The van der Waals surface area contributed by atoms with E-state index in [9.17, 15) is 0 Å². The number of rotatable bonds is 9. The van der Waals surface area contributed by atoms with Crippen LogP contribution >= 0.6 is 0 Å². The average Bonchev–Trinajstić information content (AvgIpc) is 3.34. The smallest absolute Gasteiger partial charge is 0.127 e. The van der Waals surface area contributed by atoms with Crippen LogP contribution in [0.25, 0.3) is 11.6 Å². The highest BCUT2D eigenvalue weighted by atomic mass is 16.5. The minimum atomic E-state index is -0.0993. The van der Waals surface area contributed by atoms with Crippen molar-refractivity contribution in [1.82, 2.24) is 0 Å². The monoisotopic (exact) mass is 538 g/mol. The van der Waals surface area contributed by atoms with E-state index in [1.165, 1.54) is 0 Å². The summed E-state index contributed by atoms with van der Waals surface area (Å²) in [5, 5.41) is 0. The first-order valence-electron chi connectivity index (χ1n) is 13.0. The van der Waals surface area contributed by atoms with Crippen LogP contribution in [0.15, 0.2) is 78.9 Å². The van der Waals surface area contributed by atoms with Crippen LogP contribution < -0.4 is 28.4 Å². The number of methoxy groups -OCH3 is 6. The summed E-state index contributed by atoms with van der Waals surface area (Å²) in [5.74, 6) is 4.41. The Morgan fingerprint density at radius 2 is 1.00 bits per heavy atom. The van der Waals surface area contributed by atoms with Gasteiger partial charge in [0.15, 0.2) is 0 Å². The van der Waals surface area contributed by atoms with Gasteiger partial charge >= 0.3 is 0 Å². The van der Waals surface area contributed by atoms with Crippen molar-refractivity contribution < 1.29 is 28.4 Å². The van der Waals surface area contributed by atoms with Crippen LogP contribution in [0.1, 0.15) is 39.7 Å². The minimum Gasteiger partial charge on any atom is -0.497 e. The van der Waals surface area contributed by atoms with Gasteiger partial charge in [0.1, 0.15) is 34.5 Å². The lowest BCUT2D eigenvalue weighted by Crippen LogP contribution is -2.09. The van der Waals surface area contributed by atoms with E-state index in [0.29, 0.717) is 0 Å². The highest BCUT2D eigenvalue weighted by molar-refractivity contribution is 5.93. The first kappa shape index (κ1) is 27.0. The molecule has 0 aliphatic heterocycles. The Labute approximate surface area is 235 Å². The summed E-state index contributed by atoms with van der Waals surface area (Å²) in [6, 6.07) is 26.4. The fourth-order valence-corrected chi connectivity index (χ4v) is 5.56. The Kier molecular flexibility index (Phi) is 7.87. The molecule has 0 aromatic heterocycles. The van der Waals surface area contributed by atoms with Gasteiger partial charge in [0, 0.05) is 29.5 Å². The van der Waals surface area contributed by atoms with Crippen LogP contribution in [0.5, 0.6) is 34.5 Å². The Morgan fingerprint density at radius 3 is 1.52 bits per heavy atom. The van der Waals surface area contributed by atoms with E-state index >= 15 is 0 Å². The number of fused-ring (bicyclic) bond motifs is 1. The molecule has 0 spiro atoms. The van der Waals surface area contributed by atoms with Crippen LogP contribution in [-0.2, 0) is 0 Å². The lowest BCUT2D eigenvalue weighted by atomic mass is 9.79. The molecular formula is C34H34O6. The van der Waals surface area contributed by atoms with Gasteiger partial charge in [-0.2, -0.15) is 0 Å². The van der Waals surface area contributed by atoms with Crippen molar-refractivity contribution in [2.45, 2.75) is 11.8 Å². The van der Waals surface area contributed by atoms with Gasteiger partial charge in [-0.1, -0.05) is 30.3 Å². The fraction of sp³-hybridized carbons (Fsp3) is 0.235. The summed E-state index contributed by atoms with van der Waals surface area (Å²) in [6.07, 6.45) is 2.24. The van der Waals surface area contributed by atoms with E-state index in [1.807, 2.05) is 36.4 Å². The highest BCUT2D eigenvalue weighted by Gasteiger charge is 2.41. The number of allylic oxidation sites excluding steroid dienone is 1. The van der Waals surface area contributed by atoms with Crippen LogP contribution in [0.3, 0.4) is 0 Å². The van der Waals surface area contributed by atoms with Crippen LogP contribution in [0.2, 0.25) is 0 Å². The Hall–Kier alpha value is -4.58. The van der Waals surface area contributed by atoms with Crippen molar-refractivity contribution >= 4 is 11.6 Å². The molecule has 0 saturated carbocycles. The molecule has 0 radical (unpaired) electrons. The highest BCUT2D eigenvalue weighted by Crippen LogP contribution is 2.59. The quantitative estimate of drug-likeness (QED) is 0.225. The van der Waals surface area contributed by atoms with E-state index in [4.69, 9.17) is 28.4 Å². The van der Waals surface area contributed by atoms with Crippen molar-refractivity contribution in [2.24, 2.45) is 0 Å². The van der Waals surface area contributed by atoms with Crippen LogP contribution in [0, 0.1) is 0 Å². The lowest BCUT2D eigenvalue weighted by Gasteiger charge is -2.25. The predicted molar refractivity (Wildman–Crippen MR) is 158 cm³/mol. The first-order valence-corrected chi connectivity index (χ1v) is 13.0. The third-order valence-electron chi connectivity index (χ3n) is 7.51. The largest absolute Gasteiger partial charge is 0.497 e. The van der Waals surface area contributed by atoms with Gasteiger partial charge in [-0.3, -0.25) is 0 Å². The molecule has 40 heavy (non-hydrogen) atoms. The van der Waals surface area contributed by atoms with E-state index in [1.54, 1.807) is 42.7 Å². The molecule has 4 aromatic rings. The topological polar surface area (TPSA) is 55.4 Å². The van der Waals surface area contributed by atoms with Gasteiger partial charge in [0.2, 0.25) is 0 Å². The van der Waals surface area contributed by atoms with Crippen molar-refractivity contribution in [3.05, 3.63) is 107 Å². The number of hydrogen-bond acceptors (Lipinski definition) is 6. The maximum Gasteiger partial charge on any atom is 0.127 e. The average molecular weight is 539 g/mol. The van der Waals surface area contributed by atoms with Gasteiger partial charge in [0.25, 0.3) is 0 Å². The molecule has 1 aliphatic rings. The Balaban J connectivity index is 1.82. The second kappa shape index (κ2) is 11.7. The second-order valence-corrected chi connectivity index (χ2v) is 9.54. The third kappa shape index (κ3) is 5.05. The number of hydrogen-bond donors (Lipinski definition) is 0. The molecule has 0 fully saturated rings. The summed E-state index contributed by atoms with van der Waals surface area (Å²) in [5.41, 5.74) is 6.56. The summed E-state index contributed by atoms with van der Waals surface area (Å²) in [6.45, 7) is 0. The normalized spacial score (nSPS) is 16.8. The zero-order valence-electron chi connectivity index (χ0n) is 23.7. The van der Waals surface area contributed by atoms with Gasteiger partial charge in [-0.15, -0.1) is 0 Å². The molecular weight excluding hydrogens is 504 g/mol. The molecule has 0 saturated heterocycles. The minimum absolute atomic E-state index is 0.0548. The van der Waals surface area contributed by atoms with E-state index in [0.717, 1.165) is 67.9 Å². The van der Waals surface area contributed by atoms with Crippen molar-refractivity contribution in [3.8, 4) is 34.5 Å². The second-order valence-electron chi connectivity index (χ2n) is 9.54. The SMILES string of the molecule is COc1ccc(C=C2c3cc(OC)cc(OC)c3[C@H](c3cc(OC)cc(OC)c3)[C@H]2c2ccc(OC)cc2)cc1. The van der Waals surface area contributed by atoms with Gasteiger partial charge in [0.05, 0.1) is 42.7 Å². The summed E-state index contributed by atoms with van der Waals surface area (Å²) < 4.78 is 34.0. The zero-order chi connectivity index (χ0) is 28.2. The third-order valence-corrected chi connectivity index (χ3v) is 7.51. The van der Waals surface area contributed by atoms with E-state index in [-0.39, 0.29) is 11.8 Å². The molecule has 0 N–H and O–H groups in total. The van der Waals surface area contributed by atoms with Gasteiger partial charge < -0.3 is 28.4 Å². The standard InChI is InChI=1S/C34H34O6/c1-35-24-11-7-21(8-12-24)15-29-30-19-28(39-5)20-31(40-6)34(30)33(23-16-26(37-3)18-27(17-23)38-4)32(29)22-9-13-25(36-2)14-10-22/h7-20,32-33H,1-6H3/t32-,33+/m0/s1. The molecule has 206 valence electrons. The Morgan fingerprint density at radius 1 is 0.475 bits per heavy atom. The summed E-state index contributed by atoms with van der Waals surface area (Å²) in [7, 11) is 10.1. The van der Waals surface area contributed by atoms with Crippen molar-refractivity contribution in [1.29, 1.82) is 0 Å². The maximum absolute atomic E-state index is 6.01. The molecule has 6 heteroatoms.